The lowest BCUT2D eigenvalue weighted by Gasteiger charge is -2.25. The lowest BCUT2D eigenvalue weighted by Crippen LogP contribution is -2.41. The van der Waals surface area contributed by atoms with E-state index >= 15 is 0 Å². The molecule has 240 valence electrons. The molecule has 3 aromatic carbocycles. The Kier molecular flexibility index (Phi) is 8.94. The monoisotopic (exact) mass is 636 g/mol. The Morgan fingerprint density at radius 3 is 1.74 bits per heavy atom. The van der Waals surface area contributed by atoms with E-state index in [1.807, 2.05) is 20.8 Å². The number of carbonyl (C=O) groups is 3. The Hall–Kier alpha value is -5.62. The highest BCUT2D eigenvalue weighted by Gasteiger charge is 2.52. The summed E-state index contributed by atoms with van der Waals surface area (Å²) in [4.78, 5) is 52.9. The summed E-state index contributed by atoms with van der Waals surface area (Å²) in [5, 5.41) is 0. The third kappa shape index (κ3) is 6.68. The van der Waals surface area contributed by atoms with Gasteiger partial charge >= 0.3 is 17.9 Å². The molecular formula is C35H32N4O8. The SMILES string of the molecule is COc1ncnc2c1ncn2[C@@H]1O[C@H](COC(=O)c2ccc(C)cc2)[C@@H](OC(=O)c2ccc(C)cc2)[C@@H]1OC(=O)c1ccc(C)cc1. The topological polar surface area (TPSA) is 141 Å². The highest BCUT2D eigenvalue weighted by Crippen LogP contribution is 2.37. The second-order valence-electron chi connectivity index (χ2n) is 11.2. The zero-order valence-corrected chi connectivity index (χ0v) is 26.2. The molecule has 0 saturated carbocycles. The van der Waals surface area contributed by atoms with Crippen LogP contribution in [0.1, 0.15) is 54.0 Å². The molecule has 0 N–H and O–H groups in total. The molecule has 6 rings (SSSR count). The summed E-state index contributed by atoms with van der Waals surface area (Å²) in [6.07, 6.45) is -1.85. The van der Waals surface area contributed by atoms with Crippen LogP contribution in [0, 0.1) is 20.8 Å². The van der Waals surface area contributed by atoms with E-state index in [4.69, 9.17) is 23.7 Å². The Balaban J connectivity index is 1.38. The Labute approximate surface area is 270 Å². The van der Waals surface area contributed by atoms with Gasteiger partial charge in [-0.15, -0.1) is 0 Å². The highest BCUT2D eigenvalue weighted by atomic mass is 16.7. The zero-order valence-electron chi connectivity index (χ0n) is 26.2. The number of rotatable bonds is 9. The number of benzene rings is 3. The molecule has 0 radical (unpaired) electrons. The third-order valence-electron chi connectivity index (χ3n) is 7.80. The molecule has 5 aromatic rings. The van der Waals surface area contributed by atoms with Crippen LogP contribution in [-0.4, -0.2) is 69.5 Å². The van der Waals surface area contributed by atoms with Gasteiger partial charge in [0.1, 0.15) is 19.0 Å². The van der Waals surface area contributed by atoms with Crippen LogP contribution in [0.15, 0.2) is 85.5 Å². The van der Waals surface area contributed by atoms with Crippen LogP contribution >= 0.6 is 0 Å². The van der Waals surface area contributed by atoms with Crippen LogP contribution in [0.3, 0.4) is 0 Å². The molecule has 1 aliphatic heterocycles. The van der Waals surface area contributed by atoms with Crippen molar-refractivity contribution in [2.24, 2.45) is 0 Å². The number of carbonyl (C=O) groups excluding carboxylic acids is 3. The van der Waals surface area contributed by atoms with Crippen LogP contribution < -0.4 is 4.74 Å². The van der Waals surface area contributed by atoms with Crippen molar-refractivity contribution in [2.75, 3.05) is 13.7 Å². The lowest BCUT2D eigenvalue weighted by atomic mass is 10.1. The molecule has 1 saturated heterocycles. The molecule has 47 heavy (non-hydrogen) atoms. The maximum atomic E-state index is 13.5. The van der Waals surface area contributed by atoms with Gasteiger partial charge in [-0.05, 0) is 57.2 Å². The molecule has 1 fully saturated rings. The van der Waals surface area contributed by atoms with E-state index in [0.29, 0.717) is 16.7 Å². The zero-order chi connectivity index (χ0) is 33.1. The van der Waals surface area contributed by atoms with Crippen molar-refractivity contribution in [3.63, 3.8) is 0 Å². The predicted octanol–water partition coefficient (Wildman–Crippen LogP) is 4.97. The van der Waals surface area contributed by atoms with Crippen LogP contribution in [0.25, 0.3) is 11.2 Å². The van der Waals surface area contributed by atoms with Gasteiger partial charge in [0.05, 0.1) is 30.1 Å². The predicted molar refractivity (Wildman–Crippen MR) is 168 cm³/mol. The van der Waals surface area contributed by atoms with Gasteiger partial charge in [0.15, 0.2) is 29.6 Å². The van der Waals surface area contributed by atoms with E-state index in [9.17, 15) is 14.4 Å². The van der Waals surface area contributed by atoms with E-state index in [1.54, 1.807) is 77.4 Å². The number of nitrogens with zero attached hydrogens (tertiary/aromatic N) is 4. The van der Waals surface area contributed by atoms with Crippen molar-refractivity contribution in [2.45, 2.75) is 45.3 Å². The average Bonchev–Trinajstić information content (AvgIpc) is 3.65. The Bertz CT molecular complexity index is 1910. The molecule has 0 unspecified atom stereocenters. The molecule has 3 heterocycles. The van der Waals surface area contributed by atoms with Crippen molar-refractivity contribution in [3.05, 3.63) is 119 Å². The Morgan fingerprint density at radius 2 is 1.21 bits per heavy atom. The number of esters is 3. The lowest BCUT2D eigenvalue weighted by molar-refractivity contribution is -0.0606. The first-order valence-electron chi connectivity index (χ1n) is 14.9. The molecule has 0 bridgehead atoms. The molecular weight excluding hydrogens is 604 g/mol. The van der Waals surface area contributed by atoms with E-state index in [2.05, 4.69) is 15.0 Å². The van der Waals surface area contributed by atoms with E-state index in [-0.39, 0.29) is 23.6 Å². The molecule has 1 aliphatic rings. The standard InChI is InChI=1S/C35H32N4O8/c1-20-5-11-23(12-6-20)33(40)44-17-26-28(46-34(41)24-13-7-21(2)8-14-24)29(47-35(42)25-15-9-22(3)10-16-25)32(45-26)39-19-38-27-30(39)36-18-37-31(27)43-4/h5-16,18-19,26,28-29,32H,17H2,1-4H3/t26-,28-,29+,32-/m1/s1. The van der Waals surface area contributed by atoms with E-state index in [1.165, 1.54) is 19.8 Å². The summed E-state index contributed by atoms with van der Waals surface area (Å²) in [5.74, 6) is -1.72. The maximum absolute atomic E-state index is 13.5. The van der Waals surface area contributed by atoms with Crippen molar-refractivity contribution in [3.8, 4) is 5.88 Å². The number of methoxy groups -OCH3 is 1. The fourth-order valence-corrected chi connectivity index (χ4v) is 5.19. The fourth-order valence-electron chi connectivity index (χ4n) is 5.19. The first kappa shape index (κ1) is 31.4. The summed E-state index contributed by atoms with van der Waals surface area (Å²) in [7, 11) is 1.46. The minimum absolute atomic E-state index is 0.228. The number of aryl methyl sites for hydroxylation is 3. The Morgan fingerprint density at radius 1 is 0.702 bits per heavy atom. The van der Waals surface area contributed by atoms with Crippen molar-refractivity contribution in [1.29, 1.82) is 0 Å². The van der Waals surface area contributed by atoms with E-state index < -0.39 is 42.4 Å². The molecule has 2 aromatic heterocycles. The number of imidazole rings is 1. The summed E-state index contributed by atoms with van der Waals surface area (Å²) in [6.45, 7) is 5.39. The van der Waals surface area contributed by atoms with Gasteiger partial charge in [-0.3, -0.25) is 4.57 Å². The smallest absolute Gasteiger partial charge is 0.338 e. The van der Waals surface area contributed by atoms with Crippen molar-refractivity contribution in [1.82, 2.24) is 19.5 Å². The molecule has 0 spiro atoms. The molecule has 0 aliphatic carbocycles. The third-order valence-corrected chi connectivity index (χ3v) is 7.80. The van der Waals surface area contributed by atoms with Gasteiger partial charge in [-0.1, -0.05) is 53.1 Å². The maximum Gasteiger partial charge on any atom is 0.338 e. The van der Waals surface area contributed by atoms with Gasteiger partial charge in [-0.25, -0.2) is 24.4 Å². The molecule has 12 nitrogen and oxygen atoms in total. The van der Waals surface area contributed by atoms with Gasteiger partial charge < -0.3 is 23.7 Å². The van der Waals surface area contributed by atoms with Crippen LogP contribution in [0.4, 0.5) is 0 Å². The summed E-state index contributed by atoms with van der Waals surface area (Å²) in [6, 6.07) is 20.6. The van der Waals surface area contributed by atoms with Crippen molar-refractivity contribution >= 4 is 29.1 Å². The average molecular weight is 637 g/mol. The van der Waals surface area contributed by atoms with E-state index in [0.717, 1.165) is 16.7 Å². The summed E-state index contributed by atoms with van der Waals surface area (Å²) < 4.78 is 31.1. The van der Waals surface area contributed by atoms with Gasteiger partial charge in [0.2, 0.25) is 5.88 Å². The van der Waals surface area contributed by atoms with Gasteiger partial charge in [0, 0.05) is 0 Å². The largest absolute Gasteiger partial charge is 0.479 e. The van der Waals surface area contributed by atoms with Crippen LogP contribution in [0.2, 0.25) is 0 Å². The number of fused-ring (bicyclic) bond motifs is 1. The first-order valence-corrected chi connectivity index (χ1v) is 14.9. The van der Waals surface area contributed by atoms with Crippen LogP contribution in [-0.2, 0) is 18.9 Å². The highest BCUT2D eigenvalue weighted by molar-refractivity contribution is 5.91. The minimum atomic E-state index is -1.22. The second-order valence-corrected chi connectivity index (χ2v) is 11.2. The quantitative estimate of drug-likeness (QED) is 0.160. The normalized spacial score (nSPS) is 18.9. The molecule has 4 atom stereocenters. The van der Waals surface area contributed by atoms with Crippen LogP contribution in [0.5, 0.6) is 5.88 Å². The number of hydrogen-bond acceptors (Lipinski definition) is 11. The number of hydrogen-bond donors (Lipinski definition) is 0. The number of ether oxygens (including phenoxy) is 5. The summed E-state index contributed by atoms with van der Waals surface area (Å²) >= 11 is 0. The van der Waals surface area contributed by atoms with Gasteiger partial charge in [0.25, 0.3) is 0 Å². The second kappa shape index (κ2) is 13.4. The minimum Gasteiger partial charge on any atom is -0.479 e. The van der Waals surface area contributed by atoms with Crippen molar-refractivity contribution < 1.29 is 38.1 Å². The molecule has 12 heteroatoms. The summed E-state index contributed by atoms with van der Waals surface area (Å²) in [5.41, 5.74) is 4.46. The fraction of sp³-hybridized carbons (Fsp3) is 0.257. The van der Waals surface area contributed by atoms with Gasteiger partial charge in [-0.2, -0.15) is 4.98 Å². The number of aromatic nitrogens is 4. The molecule has 0 amide bonds. The first-order chi connectivity index (χ1) is 22.7.